The highest BCUT2D eigenvalue weighted by Crippen LogP contribution is 2.24. The van der Waals surface area contributed by atoms with E-state index in [1.165, 1.54) is 0 Å². The normalized spacial score (nSPS) is 13.1. The lowest BCUT2D eigenvalue weighted by Crippen LogP contribution is -2.44. The van der Waals surface area contributed by atoms with Crippen molar-refractivity contribution in [2.45, 2.75) is 33.2 Å². The van der Waals surface area contributed by atoms with Gasteiger partial charge >= 0.3 is 0 Å². The molecule has 19 heavy (non-hydrogen) atoms. The Morgan fingerprint density at radius 1 is 1.47 bits per heavy atom. The molecule has 0 spiro atoms. The number of nitrogen functional groups attached to an aromatic ring is 1. The van der Waals surface area contributed by atoms with Crippen LogP contribution in [0.3, 0.4) is 0 Å². The van der Waals surface area contributed by atoms with Crippen LogP contribution in [0.2, 0.25) is 0 Å². The number of carbonyl (C=O) groups is 1. The van der Waals surface area contributed by atoms with Gasteiger partial charge in [0, 0.05) is 22.8 Å². The lowest BCUT2D eigenvalue weighted by Gasteiger charge is -2.31. The maximum absolute atomic E-state index is 12.3. The first kappa shape index (κ1) is 16.0. The summed E-state index contributed by atoms with van der Waals surface area (Å²) in [5.74, 6) is -0.187. The van der Waals surface area contributed by atoms with Crippen molar-refractivity contribution in [1.29, 1.82) is 0 Å². The van der Waals surface area contributed by atoms with Gasteiger partial charge in [-0.25, -0.2) is 0 Å². The van der Waals surface area contributed by atoms with Gasteiger partial charge in [0.05, 0.1) is 5.56 Å². The molecular weight excluding hydrogens is 308 g/mol. The van der Waals surface area contributed by atoms with Gasteiger partial charge in [0.15, 0.2) is 0 Å². The molecule has 4 N–H and O–H groups in total. The van der Waals surface area contributed by atoms with Gasteiger partial charge in [0.2, 0.25) is 0 Å². The number of benzene rings is 1. The Morgan fingerprint density at radius 2 is 2.11 bits per heavy atom. The van der Waals surface area contributed by atoms with E-state index < -0.39 is 0 Å². The zero-order chi connectivity index (χ0) is 14.6. The van der Waals surface area contributed by atoms with Crippen LogP contribution in [0.15, 0.2) is 22.7 Å². The fraction of sp³-hybridized carbons (Fsp3) is 0.500. The molecule has 106 valence electrons. The summed E-state index contributed by atoms with van der Waals surface area (Å²) >= 11 is 3.34. The summed E-state index contributed by atoms with van der Waals surface area (Å²) in [6, 6.07) is 5.02. The lowest BCUT2D eigenvalue weighted by molar-refractivity contribution is 0.0884. The van der Waals surface area contributed by atoms with Crippen molar-refractivity contribution in [1.82, 2.24) is 5.32 Å². The number of hydrogen-bond donors (Lipinski definition) is 3. The Kier molecular flexibility index (Phi) is 5.38. The van der Waals surface area contributed by atoms with Crippen LogP contribution in [0.4, 0.5) is 5.69 Å². The van der Waals surface area contributed by atoms with Crippen LogP contribution < -0.4 is 11.1 Å². The second-order valence-electron chi connectivity index (χ2n) is 5.64. The minimum absolute atomic E-state index is 0.0420. The smallest absolute Gasteiger partial charge is 0.252 e. The standard InChI is InChI=1S/C14H21BrN2O2/c1-14(2,3)12(6-7-18)17-13(19)10-8-9(16)4-5-11(10)15/h4-5,8,12,18H,6-7,16H2,1-3H3,(H,17,19). The van der Waals surface area contributed by atoms with Crippen molar-refractivity contribution in [2.75, 3.05) is 12.3 Å². The monoisotopic (exact) mass is 328 g/mol. The van der Waals surface area contributed by atoms with Crippen molar-refractivity contribution in [3.05, 3.63) is 28.2 Å². The van der Waals surface area contributed by atoms with E-state index in [9.17, 15) is 4.79 Å². The third kappa shape index (κ3) is 4.51. The summed E-state index contributed by atoms with van der Waals surface area (Å²) in [4.78, 5) is 12.3. The number of carbonyl (C=O) groups excluding carboxylic acids is 1. The van der Waals surface area contributed by atoms with Gasteiger partial charge in [-0.2, -0.15) is 0 Å². The van der Waals surface area contributed by atoms with Gasteiger partial charge in [-0.15, -0.1) is 0 Å². The van der Waals surface area contributed by atoms with Gasteiger partial charge in [-0.1, -0.05) is 20.8 Å². The molecule has 5 heteroatoms. The number of rotatable bonds is 4. The van der Waals surface area contributed by atoms with Crippen molar-refractivity contribution in [3.63, 3.8) is 0 Å². The van der Waals surface area contributed by atoms with Crippen molar-refractivity contribution in [3.8, 4) is 0 Å². The van der Waals surface area contributed by atoms with Crippen LogP contribution in [0.5, 0.6) is 0 Å². The number of nitrogens with two attached hydrogens (primary N) is 1. The number of hydrogen-bond acceptors (Lipinski definition) is 3. The molecule has 0 saturated carbocycles. The molecule has 1 aromatic carbocycles. The number of amides is 1. The topological polar surface area (TPSA) is 75.3 Å². The zero-order valence-corrected chi connectivity index (χ0v) is 13.1. The first-order valence-electron chi connectivity index (χ1n) is 6.22. The third-order valence-corrected chi connectivity index (χ3v) is 3.70. The average Bonchev–Trinajstić information content (AvgIpc) is 2.30. The molecule has 0 radical (unpaired) electrons. The van der Waals surface area contributed by atoms with Crippen LogP contribution >= 0.6 is 15.9 Å². The molecule has 1 atom stereocenters. The highest BCUT2D eigenvalue weighted by Gasteiger charge is 2.26. The van der Waals surface area contributed by atoms with Crippen molar-refractivity contribution < 1.29 is 9.90 Å². The maximum atomic E-state index is 12.3. The van der Waals surface area contributed by atoms with Gasteiger partial charge in [-0.05, 0) is 46.0 Å². The number of anilines is 1. The Labute approximate surface area is 122 Å². The molecule has 0 heterocycles. The predicted octanol–water partition coefficient (Wildman–Crippen LogP) is 2.56. The number of halogens is 1. The largest absolute Gasteiger partial charge is 0.399 e. The average molecular weight is 329 g/mol. The first-order valence-corrected chi connectivity index (χ1v) is 7.01. The van der Waals surface area contributed by atoms with Gasteiger partial charge in [0.1, 0.15) is 0 Å². The molecule has 1 unspecified atom stereocenters. The fourth-order valence-electron chi connectivity index (χ4n) is 1.80. The number of aliphatic hydroxyl groups is 1. The summed E-state index contributed by atoms with van der Waals surface area (Å²) < 4.78 is 0.704. The summed E-state index contributed by atoms with van der Waals surface area (Å²) in [6.07, 6.45) is 0.523. The molecule has 1 rings (SSSR count). The van der Waals surface area contributed by atoms with Crippen molar-refractivity contribution in [2.24, 2.45) is 5.41 Å². The highest BCUT2D eigenvalue weighted by atomic mass is 79.9. The number of aliphatic hydroxyl groups excluding tert-OH is 1. The molecule has 0 aliphatic heterocycles. The summed E-state index contributed by atoms with van der Waals surface area (Å²) in [5.41, 5.74) is 6.63. The van der Waals surface area contributed by atoms with E-state index in [0.717, 1.165) is 0 Å². The third-order valence-electron chi connectivity index (χ3n) is 3.00. The Morgan fingerprint density at radius 3 is 2.63 bits per heavy atom. The van der Waals surface area contributed by atoms with E-state index >= 15 is 0 Å². The molecule has 1 amide bonds. The number of nitrogens with one attached hydrogen (secondary N) is 1. The quantitative estimate of drug-likeness (QED) is 0.743. The van der Waals surface area contributed by atoms with Crippen LogP contribution in [-0.2, 0) is 0 Å². The van der Waals surface area contributed by atoms with Crippen molar-refractivity contribution >= 4 is 27.5 Å². The van der Waals surface area contributed by atoms with Gasteiger partial charge in [-0.3, -0.25) is 4.79 Å². The maximum Gasteiger partial charge on any atom is 0.252 e. The molecule has 0 fully saturated rings. The van der Waals surface area contributed by atoms with Crippen LogP contribution in [0, 0.1) is 5.41 Å². The summed E-state index contributed by atoms with van der Waals surface area (Å²) in [7, 11) is 0. The molecule has 0 aliphatic carbocycles. The zero-order valence-electron chi connectivity index (χ0n) is 11.5. The van der Waals surface area contributed by atoms with E-state index in [0.29, 0.717) is 22.1 Å². The van der Waals surface area contributed by atoms with E-state index in [-0.39, 0.29) is 24.0 Å². The predicted molar refractivity (Wildman–Crippen MR) is 81.0 cm³/mol. The van der Waals surface area contributed by atoms with Crippen LogP contribution in [-0.4, -0.2) is 23.7 Å². The molecule has 1 aromatic rings. The fourth-order valence-corrected chi connectivity index (χ4v) is 2.23. The Hall–Kier alpha value is -1.07. The van der Waals surface area contributed by atoms with E-state index in [4.69, 9.17) is 10.8 Å². The van der Waals surface area contributed by atoms with E-state index in [1.54, 1.807) is 18.2 Å². The summed E-state index contributed by atoms with van der Waals surface area (Å²) in [6.45, 7) is 6.13. The lowest BCUT2D eigenvalue weighted by atomic mass is 9.84. The molecule has 4 nitrogen and oxygen atoms in total. The second kappa shape index (κ2) is 6.39. The van der Waals surface area contributed by atoms with E-state index in [1.807, 2.05) is 20.8 Å². The molecular formula is C14H21BrN2O2. The van der Waals surface area contributed by atoms with E-state index in [2.05, 4.69) is 21.2 Å². The van der Waals surface area contributed by atoms with Crippen LogP contribution in [0.25, 0.3) is 0 Å². The Bertz CT molecular complexity index is 455. The van der Waals surface area contributed by atoms with Gasteiger partial charge < -0.3 is 16.2 Å². The van der Waals surface area contributed by atoms with Crippen LogP contribution in [0.1, 0.15) is 37.6 Å². The highest BCUT2D eigenvalue weighted by molar-refractivity contribution is 9.10. The minimum atomic E-state index is -0.187. The first-order chi connectivity index (χ1) is 8.75. The SMILES string of the molecule is CC(C)(C)C(CCO)NC(=O)c1cc(N)ccc1Br. The minimum Gasteiger partial charge on any atom is -0.399 e. The molecule has 0 aromatic heterocycles. The summed E-state index contributed by atoms with van der Waals surface area (Å²) in [5, 5.41) is 12.1. The Balaban J connectivity index is 2.91. The second-order valence-corrected chi connectivity index (χ2v) is 6.50. The van der Waals surface area contributed by atoms with Gasteiger partial charge in [0.25, 0.3) is 5.91 Å². The molecule has 0 aliphatic rings. The molecule has 0 bridgehead atoms. The molecule has 0 saturated heterocycles.